The normalized spacial score (nSPS) is 17.5. The van der Waals surface area contributed by atoms with Crippen LogP contribution in [0.4, 0.5) is 16.2 Å². The van der Waals surface area contributed by atoms with Crippen molar-refractivity contribution in [1.82, 2.24) is 15.1 Å². The van der Waals surface area contributed by atoms with Gasteiger partial charge in [-0.1, -0.05) is 24.3 Å². The van der Waals surface area contributed by atoms with Crippen molar-refractivity contribution in [3.8, 4) is 6.07 Å². The summed E-state index contributed by atoms with van der Waals surface area (Å²) in [7, 11) is 1.65. The van der Waals surface area contributed by atoms with E-state index in [0.29, 0.717) is 29.2 Å². The third-order valence-corrected chi connectivity index (χ3v) is 6.18. The van der Waals surface area contributed by atoms with Gasteiger partial charge in [0.05, 0.1) is 17.3 Å². The first-order valence-corrected chi connectivity index (χ1v) is 12.1. The zero-order valence-electron chi connectivity index (χ0n) is 20.6. The van der Waals surface area contributed by atoms with Crippen LogP contribution in [0, 0.1) is 11.3 Å². The summed E-state index contributed by atoms with van der Waals surface area (Å²) in [6.45, 7) is 2.22. The van der Waals surface area contributed by atoms with Gasteiger partial charge in [-0.25, -0.2) is 4.79 Å². The number of amides is 4. The largest absolute Gasteiger partial charge is 0.321 e. The molecule has 4 rings (SSSR count). The Hall–Kier alpha value is -4.49. The van der Waals surface area contributed by atoms with Crippen LogP contribution in [0.1, 0.15) is 18.4 Å². The third-order valence-electron chi connectivity index (χ3n) is 6.18. The van der Waals surface area contributed by atoms with Gasteiger partial charge in [0, 0.05) is 31.2 Å². The minimum atomic E-state index is -1.22. The predicted molar refractivity (Wildman–Crippen MR) is 141 cm³/mol. The average molecular weight is 500 g/mol. The third kappa shape index (κ3) is 6.80. The second-order valence-electron chi connectivity index (χ2n) is 8.87. The molecule has 2 N–H and O–H groups in total. The zero-order chi connectivity index (χ0) is 26.2. The molecule has 4 amide bonds. The number of aliphatic imine (C=N–C) groups is 1. The van der Waals surface area contributed by atoms with Crippen LogP contribution in [0.5, 0.6) is 0 Å². The fraction of sp³-hybridized carbons (Fsp3) is 0.296. The van der Waals surface area contributed by atoms with Gasteiger partial charge >= 0.3 is 6.03 Å². The maximum Gasteiger partial charge on any atom is 0.321 e. The standard InChI is InChI=1S/C27H29N7O3/c1-32(23-10-3-2-4-11-23)24(35)19-34-15-12-22(18-33-13-5-6-14-33)29-25(26(34)36)31-27(37)30-21-9-7-8-20(16-21)17-28/h2-4,7-12,15-16,25H,5-6,13-14,18-19H2,1H3,(H2,30,31,37). The number of hydrogen-bond donors (Lipinski definition) is 2. The highest BCUT2D eigenvalue weighted by Crippen LogP contribution is 2.15. The van der Waals surface area contributed by atoms with Crippen molar-refractivity contribution in [3.63, 3.8) is 0 Å². The van der Waals surface area contributed by atoms with E-state index in [-0.39, 0.29) is 12.5 Å². The van der Waals surface area contributed by atoms with Gasteiger partial charge in [0.2, 0.25) is 12.1 Å². The summed E-state index contributed by atoms with van der Waals surface area (Å²) in [4.78, 5) is 48.7. The molecule has 190 valence electrons. The van der Waals surface area contributed by atoms with Crippen LogP contribution in [0.3, 0.4) is 0 Å². The molecule has 1 saturated heterocycles. The minimum absolute atomic E-state index is 0.211. The summed E-state index contributed by atoms with van der Waals surface area (Å²) in [6.07, 6.45) is 4.27. The number of likely N-dealkylation sites (tertiary alicyclic amines) is 1. The van der Waals surface area contributed by atoms with E-state index < -0.39 is 18.1 Å². The molecular formula is C27H29N7O3. The van der Waals surface area contributed by atoms with Crippen LogP contribution in [-0.4, -0.2) is 72.7 Å². The van der Waals surface area contributed by atoms with E-state index in [1.165, 1.54) is 15.9 Å². The minimum Gasteiger partial charge on any atom is -0.314 e. The molecule has 10 nitrogen and oxygen atoms in total. The SMILES string of the molecule is CN(C(=O)CN1C=CC(CN2CCCC2)=NC(NC(=O)Nc2cccc(C#N)c2)C1=O)c1ccccc1. The lowest BCUT2D eigenvalue weighted by molar-refractivity contribution is -0.133. The van der Waals surface area contributed by atoms with Gasteiger partial charge in [0.25, 0.3) is 5.91 Å². The van der Waals surface area contributed by atoms with E-state index in [2.05, 4.69) is 20.5 Å². The number of urea groups is 1. The molecule has 2 heterocycles. The summed E-state index contributed by atoms with van der Waals surface area (Å²) in [5.41, 5.74) is 2.15. The van der Waals surface area contributed by atoms with Gasteiger partial charge < -0.3 is 20.4 Å². The molecule has 0 aliphatic carbocycles. The van der Waals surface area contributed by atoms with Crippen LogP contribution in [0.15, 0.2) is 71.9 Å². The number of anilines is 2. The number of carbonyl (C=O) groups is 3. The fourth-order valence-corrected chi connectivity index (χ4v) is 4.16. The van der Waals surface area contributed by atoms with Gasteiger partial charge in [-0.2, -0.15) is 5.26 Å². The quantitative estimate of drug-likeness (QED) is 0.607. The number of para-hydroxylation sites is 1. The van der Waals surface area contributed by atoms with Crippen LogP contribution < -0.4 is 15.5 Å². The number of nitrogens with one attached hydrogen (secondary N) is 2. The molecule has 1 atom stereocenters. The average Bonchev–Trinajstić information content (AvgIpc) is 3.38. The Morgan fingerprint density at radius 3 is 2.62 bits per heavy atom. The Morgan fingerprint density at radius 2 is 1.89 bits per heavy atom. The Balaban J connectivity index is 1.50. The summed E-state index contributed by atoms with van der Waals surface area (Å²) in [5, 5.41) is 14.4. The molecular weight excluding hydrogens is 470 g/mol. The maximum atomic E-state index is 13.4. The number of benzene rings is 2. The molecule has 2 aromatic carbocycles. The number of carbonyl (C=O) groups excluding carboxylic acids is 3. The zero-order valence-corrected chi connectivity index (χ0v) is 20.6. The molecule has 0 aromatic heterocycles. The van der Waals surface area contributed by atoms with Gasteiger partial charge in [-0.3, -0.25) is 19.5 Å². The topological polar surface area (TPSA) is 121 Å². The van der Waals surface area contributed by atoms with Crippen molar-refractivity contribution < 1.29 is 14.4 Å². The van der Waals surface area contributed by atoms with Crippen molar-refractivity contribution >= 4 is 34.9 Å². The van der Waals surface area contributed by atoms with Crippen LogP contribution in [-0.2, 0) is 9.59 Å². The number of nitriles is 1. The first-order valence-electron chi connectivity index (χ1n) is 12.1. The monoisotopic (exact) mass is 499 g/mol. The summed E-state index contributed by atoms with van der Waals surface area (Å²) in [6, 6.07) is 17.0. The fourth-order valence-electron chi connectivity index (χ4n) is 4.16. The lowest BCUT2D eigenvalue weighted by atomic mass is 10.2. The molecule has 37 heavy (non-hydrogen) atoms. The Kier molecular flexibility index (Phi) is 8.28. The highest BCUT2D eigenvalue weighted by atomic mass is 16.2. The van der Waals surface area contributed by atoms with E-state index in [9.17, 15) is 14.4 Å². The number of likely N-dealkylation sites (N-methyl/N-ethyl adjacent to an activating group) is 1. The van der Waals surface area contributed by atoms with Crippen LogP contribution >= 0.6 is 0 Å². The first-order chi connectivity index (χ1) is 17.9. The Bertz CT molecular complexity index is 1250. The highest BCUT2D eigenvalue weighted by Gasteiger charge is 2.30. The van der Waals surface area contributed by atoms with Crippen molar-refractivity contribution in [2.75, 3.05) is 43.4 Å². The molecule has 10 heteroatoms. The second-order valence-corrected chi connectivity index (χ2v) is 8.87. The molecule has 1 unspecified atom stereocenters. The van der Waals surface area contributed by atoms with E-state index in [1.54, 1.807) is 37.5 Å². The summed E-state index contributed by atoms with van der Waals surface area (Å²) >= 11 is 0. The van der Waals surface area contributed by atoms with Crippen LogP contribution in [0.25, 0.3) is 0 Å². The van der Waals surface area contributed by atoms with Crippen LogP contribution in [0.2, 0.25) is 0 Å². The lowest BCUT2D eigenvalue weighted by Gasteiger charge is -2.24. The summed E-state index contributed by atoms with van der Waals surface area (Å²) < 4.78 is 0. The second kappa shape index (κ2) is 12.0. The van der Waals surface area contributed by atoms with Gasteiger partial charge in [0.1, 0.15) is 6.54 Å². The molecule has 2 aromatic rings. The van der Waals surface area contributed by atoms with Crippen molar-refractivity contribution in [2.45, 2.75) is 19.0 Å². The van der Waals surface area contributed by atoms with Gasteiger partial charge in [-0.05, 0) is 62.3 Å². The van der Waals surface area contributed by atoms with E-state index in [0.717, 1.165) is 25.9 Å². The van der Waals surface area contributed by atoms with Gasteiger partial charge in [-0.15, -0.1) is 0 Å². The molecule has 1 fully saturated rings. The lowest BCUT2D eigenvalue weighted by Crippen LogP contribution is -2.49. The molecule has 0 saturated carbocycles. The van der Waals surface area contributed by atoms with E-state index in [4.69, 9.17) is 5.26 Å². The summed E-state index contributed by atoms with van der Waals surface area (Å²) in [5.74, 6) is -0.813. The smallest absolute Gasteiger partial charge is 0.314 e. The maximum absolute atomic E-state index is 13.4. The number of rotatable bonds is 7. The molecule has 0 spiro atoms. The van der Waals surface area contributed by atoms with Gasteiger partial charge in [0.15, 0.2) is 0 Å². The highest BCUT2D eigenvalue weighted by molar-refractivity contribution is 6.03. The Morgan fingerprint density at radius 1 is 1.14 bits per heavy atom. The first kappa shape index (κ1) is 25.6. The molecule has 2 aliphatic rings. The van der Waals surface area contributed by atoms with E-state index >= 15 is 0 Å². The van der Waals surface area contributed by atoms with E-state index in [1.807, 2.05) is 36.4 Å². The predicted octanol–water partition coefficient (Wildman–Crippen LogP) is 2.56. The number of hydrogen-bond acceptors (Lipinski definition) is 6. The molecule has 0 radical (unpaired) electrons. The van der Waals surface area contributed by atoms with Crippen molar-refractivity contribution in [2.24, 2.45) is 4.99 Å². The number of nitrogens with zero attached hydrogens (tertiary/aromatic N) is 5. The van der Waals surface area contributed by atoms with Crippen molar-refractivity contribution in [1.29, 1.82) is 5.26 Å². The Labute approximate surface area is 215 Å². The molecule has 2 aliphatic heterocycles. The van der Waals surface area contributed by atoms with Crippen molar-refractivity contribution in [3.05, 3.63) is 72.4 Å². The molecule has 0 bridgehead atoms.